The molecule has 0 saturated carbocycles. The van der Waals surface area contributed by atoms with E-state index >= 15 is 0 Å². The number of benzene rings is 1. The molecule has 1 amide bonds. The second-order valence-corrected chi connectivity index (χ2v) is 5.58. The van der Waals surface area contributed by atoms with Crippen molar-refractivity contribution >= 4 is 5.91 Å². The molecule has 0 aliphatic heterocycles. The molecule has 0 bridgehead atoms. The molecule has 0 aliphatic rings. The van der Waals surface area contributed by atoms with E-state index in [1.807, 2.05) is 13.8 Å². The Labute approximate surface area is 140 Å². The van der Waals surface area contributed by atoms with Gasteiger partial charge >= 0.3 is 0 Å². The van der Waals surface area contributed by atoms with Crippen molar-refractivity contribution in [3.05, 3.63) is 63.8 Å². The van der Waals surface area contributed by atoms with Crippen LogP contribution in [0.3, 0.4) is 0 Å². The quantitative estimate of drug-likeness (QED) is 0.784. The van der Waals surface area contributed by atoms with Gasteiger partial charge in [0.05, 0.1) is 0 Å². The summed E-state index contributed by atoms with van der Waals surface area (Å²) < 4.78 is 14.6. The van der Waals surface area contributed by atoms with Crippen molar-refractivity contribution in [1.29, 1.82) is 0 Å². The van der Waals surface area contributed by atoms with Crippen LogP contribution < -0.4 is 5.56 Å². The number of rotatable bonds is 7. The molecule has 2 rings (SSSR count). The first-order valence-corrected chi connectivity index (χ1v) is 8.17. The lowest BCUT2D eigenvalue weighted by atomic mass is 10.2. The highest BCUT2D eigenvalue weighted by molar-refractivity contribution is 5.92. The highest BCUT2D eigenvalue weighted by Gasteiger charge is 2.17. The van der Waals surface area contributed by atoms with Gasteiger partial charge in [-0.2, -0.15) is 5.10 Å². The van der Waals surface area contributed by atoms with Gasteiger partial charge in [0.25, 0.3) is 11.5 Å². The van der Waals surface area contributed by atoms with Crippen LogP contribution in [0.2, 0.25) is 0 Å². The van der Waals surface area contributed by atoms with Crippen molar-refractivity contribution < 1.29 is 9.18 Å². The van der Waals surface area contributed by atoms with Gasteiger partial charge in [0.2, 0.25) is 0 Å². The van der Waals surface area contributed by atoms with Crippen molar-refractivity contribution in [1.82, 2.24) is 14.7 Å². The number of amides is 1. The minimum absolute atomic E-state index is 0.215. The van der Waals surface area contributed by atoms with E-state index < -0.39 is 0 Å². The highest BCUT2D eigenvalue weighted by Crippen LogP contribution is 2.10. The Morgan fingerprint density at radius 2 is 2.04 bits per heavy atom. The average Bonchev–Trinajstić information content (AvgIpc) is 2.58. The number of nitrogens with zero attached hydrogens (tertiary/aromatic N) is 3. The van der Waals surface area contributed by atoms with Crippen LogP contribution in [0.25, 0.3) is 0 Å². The molecule has 0 saturated heterocycles. The van der Waals surface area contributed by atoms with E-state index in [0.717, 1.165) is 12.8 Å². The summed E-state index contributed by atoms with van der Waals surface area (Å²) in [6.07, 6.45) is 1.76. The van der Waals surface area contributed by atoms with E-state index in [0.29, 0.717) is 25.2 Å². The van der Waals surface area contributed by atoms with Gasteiger partial charge in [-0.15, -0.1) is 0 Å². The molecule has 2 aromatic rings. The fourth-order valence-electron chi connectivity index (χ4n) is 2.38. The van der Waals surface area contributed by atoms with Gasteiger partial charge in [0, 0.05) is 25.7 Å². The van der Waals surface area contributed by atoms with Crippen molar-refractivity contribution in [2.75, 3.05) is 6.54 Å². The Kier molecular flexibility index (Phi) is 6.23. The molecule has 24 heavy (non-hydrogen) atoms. The molecule has 0 unspecified atom stereocenters. The summed E-state index contributed by atoms with van der Waals surface area (Å²) in [5, 5.41) is 4.18. The standard InChI is InChI=1S/C18H22FN3O2/c1-3-5-11-22-17(23)10-9-16(20-22)18(24)21(4-2)13-14-7-6-8-15(19)12-14/h6-10,12H,3-5,11,13H2,1-2H3. The SMILES string of the molecule is CCCCn1nc(C(=O)N(CC)Cc2cccc(F)c2)ccc1=O. The number of carbonyl (C=O) groups excluding carboxylic acids is 1. The van der Waals surface area contributed by atoms with Gasteiger partial charge in [0.15, 0.2) is 0 Å². The molecular formula is C18H22FN3O2. The van der Waals surface area contributed by atoms with Crippen LogP contribution in [-0.2, 0) is 13.1 Å². The molecule has 1 aromatic carbocycles. The van der Waals surface area contributed by atoms with Crippen LogP contribution in [-0.4, -0.2) is 27.1 Å². The van der Waals surface area contributed by atoms with Crippen LogP contribution in [0, 0.1) is 5.82 Å². The number of carbonyl (C=O) groups is 1. The van der Waals surface area contributed by atoms with E-state index in [4.69, 9.17) is 0 Å². The molecule has 1 aromatic heterocycles. The molecule has 128 valence electrons. The molecule has 0 N–H and O–H groups in total. The molecule has 6 heteroatoms. The molecular weight excluding hydrogens is 309 g/mol. The summed E-state index contributed by atoms with van der Waals surface area (Å²) in [5.74, 6) is -0.603. The predicted octanol–water partition coefficient (Wildman–Crippen LogP) is 2.84. The van der Waals surface area contributed by atoms with Crippen LogP contribution in [0.4, 0.5) is 4.39 Å². The Morgan fingerprint density at radius 3 is 2.71 bits per heavy atom. The zero-order valence-electron chi connectivity index (χ0n) is 14.0. The van der Waals surface area contributed by atoms with Crippen molar-refractivity contribution in [3.8, 4) is 0 Å². The minimum Gasteiger partial charge on any atom is -0.333 e. The number of hydrogen-bond donors (Lipinski definition) is 0. The van der Waals surface area contributed by atoms with E-state index in [9.17, 15) is 14.0 Å². The molecule has 0 fully saturated rings. The largest absolute Gasteiger partial charge is 0.333 e. The second-order valence-electron chi connectivity index (χ2n) is 5.58. The van der Waals surface area contributed by atoms with Gasteiger partial charge in [-0.3, -0.25) is 9.59 Å². The monoisotopic (exact) mass is 331 g/mol. The number of unbranched alkanes of at least 4 members (excludes halogenated alkanes) is 1. The molecule has 0 aliphatic carbocycles. The lowest BCUT2D eigenvalue weighted by Crippen LogP contribution is -2.33. The van der Waals surface area contributed by atoms with Crippen molar-refractivity contribution in [2.24, 2.45) is 0 Å². The van der Waals surface area contributed by atoms with Crippen LogP contribution in [0.1, 0.15) is 42.7 Å². The summed E-state index contributed by atoms with van der Waals surface area (Å²) in [7, 11) is 0. The van der Waals surface area contributed by atoms with Crippen molar-refractivity contribution in [2.45, 2.75) is 39.8 Å². The van der Waals surface area contributed by atoms with Gasteiger partial charge in [-0.05, 0) is 37.1 Å². The fraction of sp³-hybridized carbons (Fsp3) is 0.389. The molecule has 0 radical (unpaired) electrons. The van der Waals surface area contributed by atoms with Gasteiger partial charge in [0.1, 0.15) is 11.5 Å². The number of halogens is 1. The van der Waals surface area contributed by atoms with Gasteiger partial charge < -0.3 is 4.90 Å². The van der Waals surface area contributed by atoms with E-state index in [1.165, 1.54) is 28.9 Å². The Bertz CT molecular complexity index is 758. The van der Waals surface area contributed by atoms with E-state index in [2.05, 4.69) is 5.10 Å². The number of aromatic nitrogens is 2. The molecule has 0 spiro atoms. The lowest BCUT2D eigenvalue weighted by Gasteiger charge is -2.21. The number of aryl methyl sites for hydroxylation is 1. The first-order chi connectivity index (χ1) is 11.5. The smallest absolute Gasteiger partial charge is 0.274 e. The maximum Gasteiger partial charge on any atom is 0.274 e. The predicted molar refractivity (Wildman–Crippen MR) is 90.2 cm³/mol. The first-order valence-electron chi connectivity index (χ1n) is 8.17. The van der Waals surface area contributed by atoms with Gasteiger partial charge in [-0.25, -0.2) is 9.07 Å². The topological polar surface area (TPSA) is 55.2 Å². The second kappa shape index (κ2) is 8.38. The summed E-state index contributed by atoms with van der Waals surface area (Å²) in [6.45, 7) is 5.13. The Balaban J connectivity index is 2.20. The minimum atomic E-state index is -0.331. The molecule has 5 nitrogen and oxygen atoms in total. The Morgan fingerprint density at radius 1 is 1.25 bits per heavy atom. The fourth-order valence-corrected chi connectivity index (χ4v) is 2.38. The maximum absolute atomic E-state index is 13.3. The highest BCUT2D eigenvalue weighted by atomic mass is 19.1. The number of hydrogen-bond acceptors (Lipinski definition) is 3. The Hall–Kier alpha value is -2.50. The third kappa shape index (κ3) is 4.50. The average molecular weight is 331 g/mol. The maximum atomic E-state index is 13.3. The molecule has 1 heterocycles. The van der Waals surface area contributed by atoms with Crippen LogP contribution in [0.15, 0.2) is 41.2 Å². The zero-order chi connectivity index (χ0) is 17.5. The normalized spacial score (nSPS) is 10.6. The summed E-state index contributed by atoms with van der Waals surface area (Å²) in [5.41, 5.74) is 0.724. The van der Waals surface area contributed by atoms with Gasteiger partial charge in [-0.1, -0.05) is 25.5 Å². The third-order valence-electron chi connectivity index (χ3n) is 3.74. The van der Waals surface area contributed by atoms with Crippen LogP contribution >= 0.6 is 0 Å². The summed E-state index contributed by atoms with van der Waals surface area (Å²) >= 11 is 0. The first kappa shape index (κ1) is 17.8. The molecule has 0 atom stereocenters. The third-order valence-corrected chi connectivity index (χ3v) is 3.74. The van der Waals surface area contributed by atoms with Crippen molar-refractivity contribution in [3.63, 3.8) is 0 Å². The summed E-state index contributed by atoms with van der Waals surface area (Å²) in [4.78, 5) is 26.0. The van der Waals surface area contributed by atoms with E-state index in [1.54, 1.807) is 17.0 Å². The summed E-state index contributed by atoms with van der Waals surface area (Å²) in [6, 6.07) is 8.98. The van der Waals surface area contributed by atoms with Crippen LogP contribution in [0.5, 0.6) is 0 Å². The lowest BCUT2D eigenvalue weighted by molar-refractivity contribution is 0.0743. The van der Waals surface area contributed by atoms with E-state index in [-0.39, 0.29) is 23.0 Å². The zero-order valence-corrected chi connectivity index (χ0v) is 14.0.